The molecule has 2 rings (SSSR count). The fraction of sp³-hybridized carbons (Fsp3) is 0.231. The normalized spacial score (nSPS) is 10.7. The topological polar surface area (TPSA) is 43.8 Å². The van der Waals surface area contributed by atoms with Crippen LogP contribution >= 0.6 is 23.8 Å². The number of aromatic nitrogens is 2. The van der Waals surface area contributed by atoms with Crippen molar-refractivity contribution in [1.29, 1.82) is 0 Å². The third-order valence-electron chi connectivity index (χ3n) is 3.11. The van der Waals surface area contributed by atoms with Crippen molar-refractivity contribution in [2.75, 3.05) is 0 Å². The first kappa shape index (κ1) is 13.1. The quantitative estimate of drug-likeness (QED) is 0.859. The highest BCUT2D eigenvalue weighted by atomic mass is 35.5. The van der Waals surface area contributed by atoms with E-state index in [1.54, 1.807) is 6.07 Å². The largest absolute Gasteiger partial charge is 0.389 e. The Morgan fingerprint density at radius 3 is 2.50 bits per heavy atom. The summed E-state index contributed by atoms with van der Waals surface area (Å²) in [5.41, 5.74) is 10.6. The van der Waals surface area contributed by atoms with Gasteiger partial charge >= 0.3 is 0 Å². The Hall–Kier alpha value is -1.39. The zero-order valence-corrected chi connectivity index (χ0v) is 12.1. The van der Waals surface area contributed by atoms with Crippen molar-refractivity contribution in [3.63, 3.8) is 0 Å². The first-order chi connectivity index (χ1) is 8.41. The average molecular weight is 280 g/mol. The molecular weight excluding hydrogens is 266 g/mol. The van der Waals surface area contributed by atoms with E-state index in [1.165, 1.54) is 5.56 Å². The Bertz CT molecular complexity index is 631. The summed E-state index contributed by atoms with van der Waals surface area (Å²) in [5.74, 6) is 0. The molecule has 0 radical (unpaired) electrons. The lowest BCUT2D eigenvalue weighted by atomic mass is 10.1. The van der Waals surface area contributed by atoms with Crippen LogP contribution in [-0.4, -0.2) is 14.8 Å². The first-order valence-electron chi connectivity index (χ1n) is 5.54. The lowest BCUT2D eigenvalue weighted by molar-refractivity contribution is 0.832. The van der Waals surface area contributed by atoms with E-state index in [1.807, 2.05) is 37.6 Å². The van der Waals surface area contributed by atoms with E-state index in [0.29, 0.717) is 10.0 Å². The number of hydrogen-bond acceptors (Lipinski definition) is 2. The molecule has 0 aliphatic rings. The average Bonchev–Trinajstić information content (AvgIpc) is 2.57. The fourth-order valence-corrected chi connectivity index (χ4v) is 2.18. The number of hydrogen-bond donors (Lipinski definition) is 1. The molecular formula is C13H14ClN3S. The predicted octanol–water partition coefficient (Wildman–Crippen LogP) is 3.09. The van der Waals surface area contributed by atoms with Crippen LogP contribution in [0, 0.1) is 20.8 Å². The molecule has 18 heavy (non-hydrogen) atoms. The smallest absolute Gasteiger partial charge is 0.106 e. The SMILES string of the molecule is Cc1nn(-c2ccc(Cl)cc2C(N)=S)c(C)c1C. The molecule has 94 valence electrons. The van der Waals surface area contributed by atoms with Crippen LogP contribution in [0.1, 0.15) is 22.5 Å². The number of aryl methyl sites for hydroxylation is 1. The molecule has 1 heterocycles. The summed E-state index contributed by atoms with van der Waals surface area (Å²) in [6.45, 7) is 6.05. The zero-order valence-electron chi connectivity index (χ0n) is 10.5. The van der Waals surface area contributed by atoms with Crippen molar-refractivity contribution < 1.29 is 0 Å². The van der Waals surface area contributed by atoms with Gasteiger partial charge in [-0.15, -0.1) is 0 Å². The number of nitrogens with two attached hydrogens (primary N) is 1. The van der Waals surface area contributed by atoms with Crippen LogP contribution in [0.25, 0.3) is 5.69 Å². The Kier molecular flexibility index (Phi) is 3.41. The van der Waals surface area contributed by atoms with E-state index in [2.05, 4.69) is 5.10 Å². The van der Waals surface area contributed by atoms with Gasteiger partial charge in [0, 0.05) is 16.3 Å². The Morgan fingerprint density at radius 1 is 1.33 bits per heavy atom. The van der Waals surface area contributed by atoms with Crippen LogP contribution in [0.3, 0.4) is 0 Å². The van der Waals surface area contributed by atoms with Crippen molar-refractivity contribution in [2.24, 2.45) is 5.73 Å². The minimum absolute atomic E-state index is 0.317. The van der Waals surface area contributed by atoms with E-state index in [0.717, 1.165) is 22.6 Å². The van der Waals surface area contributed by atoms with Crippen LogP contribution in [0.2, 0.25) is 5.02 Å². The molecule has 0 unspecified atom stereocenters. The van der Waals surface area contributed by atoms with Crippen molar-refractivity contribution >= 4 is 28.8 Å². The van der Waals surface area contributed by atoms with Crippen molar-refractivity contribution in [1.82, 2.24) is 9.78 Å². The molecule has 2 N–H and O–H groups in total. The summed E-state index contributed by atoms with van der Waals surface area (Å²) in [5, 5.41) is 5.12. The number of benzene rings is 1. The molecule has 0 fully saturated rings. The molecule has 2 aromatic rings. The maximum atomic E-state index is 5.98. The molecule has 3 nitrogen and oxygen atoms in total. The fourth-order valence-electron chi connectivity index (χ4n) is 1.85. The molecule has 1 aromatic heterocycles. The third-order valence-corrected chi connectivity index (χ3v) is 3.56. The van der Waals surface area contributed by atoms with Gasteiger partial charge in [-0.25, -0.2) is 4.68 Å². The zero-order chi connectivity index (χ0) is 13.4. The van der Waals surface area contributed by atoms with Gasteiger partial charge in [0.25, 0.3) is 0 Å². The Labute approximate surface area is 117 Å². The van der Waals surface area contributed by atoms with Gasteiger partial charge in [-0.05, 0) is 44.5 Å². The molecule has 5 heteroatoms. The maximum absolute atomic E-state index is 5.98. The van der Waals surface area contributed by atoms with Crippen LogP contribution in [0.5, 0.6) is 0 Å². The summed E-state index contributed by atoms with van der Waals surface area (Å²) in [6.07, 6.45) is 0. The molecule has 0 amide bonds. The minimum atomic E-state index is 0.317. The van der Waals surface area contributed by atoms with E-state index in [-0.39, 0.29) is 0 Å². The van der Waals surface area contributed by atoms with Gasteiger partial charge in [0.1, 0.15) is 4.99 Å². The van der Waals surface area contributed by atoms with Crippen molar-refractivity contribution in [2.45, 2.75) is 20.8 Å². The molecule has 0 aliphatic carbocycles. The molecule has 0 bridgehead atoms. The van der Waals surface area contributed by atoms with Crippen molar-refractivity contribution in [3.8, 4) is 5.69 Å². The van der Waals surface area contributed by atoms with Gasteiger partial charge < -0.3 is 5.73 Å². The third kappa shape index (κ3) is 2.13. The summed E-state index contributed by atoms with van der Waals surface area (Å²) in [7, 11) is 0. The van der Waals surface area contributed by atoms with Gasteiger partial charge in [-0.3, -0.25) is 0 Å². The summed E-state index contributed by atoms with van der Waals surface area (Å²) in [4.78, 5) is 0.317. The van der Waals surface area contributed by atoms with Crippen LogP contribution < -0.4 is 5.73 Å². The molecule has 1 aromatic carbocycles. The van der Waals surface area contributed by atoms with Crippen LogP contribution in [0.4, 0.5) is 0 Å². The van der Waals surface area contributed by atoms with Gasteiger partial charge in [-0.1, -0.05) is 23.8 Å². The summed E-state index contributed by atoms with van der Waals surface area (Å²) >= 11 is 11.0. The molecule has 0 atom stereocenters. The monoisotopic (exact) mass is 279 g/mol. The van der Waals surface area contributed by atoms with Gasteiger partial charge in [0.05, 0.1) is 11.4 Å². The summed E-state index contributed by atoms with van der Waals surface area (Å²) < 4.78 is 1.86. The van der Waals surface area contributed by atoms with E-state index in [9.17, 15) is 0 Å². The second-order valence-corrected chi connectivity index (χ2v) is 5.11. The van der Waals surface area contributed by atoms with Crippen molar-refractivity contribution in [3.05, 3.63) is 45.7 Å². The second kappa shape index (κ2) is 4.71. The van der Waals surface area contributed by atoms with Gasteiger partial charge in [-0.2, -0.15) is 5.10 Å². The standard InChI is InChI=1S/C13H14ClN3S/c1-7-8(2)16-17(9(7)3)12-5-4-10(14)6-11(12)13(15)18/h4-6H,1-3H3,(H2,15,18). The summed E-state index contributed by atoms with van der Waals surface area (Å²) in [6, 6.07) is 5.46. The second-order valence-electron chi connectivity index (χ2n) is 4.23. The highest BCUT2D eigenvalue weighted by Crippen LogP contribution is 2.23. The van der Waals surface area contributed by atoms with Crippen LogP contribution in [0.15, 0.2) is 18.2 Å². The van der Waals surface area contributed by atoms with E-state index >= 15 is 0 Å². The van der Waals surface area contributed by atoms with E-state index in [4.69, 9.17) is 29.6 Å². The lowest BCUT2D eigenvalue weighted by Crippen LogP contribution is -2.14. The minimum Gasteiger partial charge on any atom is -0.389 e. The molecule has 0 saturated carbocycles. The molecule has 0 aliphatic heterocycles. The maximum Gasteiger partial charge on any atom is 0.106 e. The van der Waals surface area contributed by atoms with E-state index < -0.39 is 0 Å². The lowest BCUT2D eigenvalue weighted by Gasteiger charge is -2.10. The van der Waals surface area contributed by atoms with Crippen LogP contribution in [-0.2, 0) is 0 Å². The number of nitrogens with zero attached hydrogens (tertiary/aromatic N) is 2. The predicted molar refractivity (Wildman–Crippen MR) is 78.7 cm³/mol. The molecule has 0 saturated heterocycles. The molecule has 0 spiro atoms. The first-order valence-corrected chi connectivity index (χ1v) is 6.33. The Morgan fingerprint density at radius 2 is 2.00 bits per heavy atom. The highest BCUT2D eigenvalue weighted by Gasteiger charge is 2.13. The Balaban J connectivity index is 2.71. The number of thiocarbonyl (C=S) groups is 1. The number of halogens is 1. The van der Waals surface area contributed by atoms with Gasteiger partial charge in [0.2, 0.25) is 0 Å². The highest BCUT2D eigenvalue weighted by molar-refractivity contribution is 7.80. The number of rotatable bonds is 2. The van der Waals surface area contributed by atoms with Gasteiger partial charge in [0.15, 0.2) is 0 Å².